The number of nitrogens with two attached hydrogens (primary N) is 1. The Morgan fingerprint density at radius 1 is 1.44 bits per heavy atom. The minimum absolute atomic E-state index is 0.159. The van der Waals surface area contributed by atoms with Crippen LogP contribution in [0.25, 0.3) is 0 Å². The number of nitrogens with one attached hydrogen (secondary N) is 1. The first-order valence-corrected chi connectivity index (χ1v) is 6.80. The summed E-state index contributed by atoms with van der Waals surface area (Å²) in [7, 11) is -1.08. The molecular weight excluding hydrogens is 262 g/mol. The van der Waals surface area contributed by atoms with Crippen molar-refractivity contribution >= 4 is 22.4 Å². The number of carbonyl (C=O) groups excluding carboxylic acids is 1. The van der Waals surface area contributed by atoms with Gasteiger partial charge in [0, 0.05) is 34.4 Å². The fourth-order valence-electron chi connectivity index (χ4n) is 1.17. The SMILES string of the molecule is CC(CNC(=O)c1cc(F)c(N)c(F)c1)S(C)=O. The molecule has 0 aromatic heterocycles. The van der Waals surface area contributed by atoms with Crippen LogP contribution in [-0.4, -0.2) is 28.2 Å². The Kier molecular flexibility index (Phi) is 4.77. The van der Waals surface area contributed by atoms with Gasteiger partial charge in [-0.15, -0.1) is 0 Å². The zero-order valence-corrected chi connectivity index (χ0v) is 10.8. The van der Waals surface area contributed by atoms with Crippen molar-refractivity contribution in [2.24, 2.45) is 0 Å². The third-order valence-electron chi connectivity index (χ3n) is 2.46. The molecule has 3 N–H and O–H groups in total. The van der Waals surface area contributed by atoms with Crippen molar-refractivity contribution in [3.05, 3.63) is 29.3 Å². The third-order valence-corrected chi connectivity index (χ3v) is 3.76. The van der Waals surface area contributed by atoms with Crippen LogP contribution >= 0.6 is 0 Å². The van der Waals surface area contributed by atoms with Crippen molar-refractivity contribution in [1.29, 1.82) is 0 Å². The summed E-state index contributed by atoms with van der Waals surface area (Å²) < 4.78 is 37.3. The van der Waals surface area contributed by atoms with Crippen LogP contribution in [0.2, 0.25) is 0 Å². The van der Waals surface area contributed by atoms with Gasteiger partial charge in [0.05, 0.1) is 0 Å². The zero-order valence-electron chi connectivity index (χ0n) is 10.00. The van der Waals surface area contributed by atoms with E-state index in [0.29, 0.717) is 0 Å². The number of rotatable bonds is 4. The monoisotopic (exact) mass is 276 g/mol. The lowest BCUT2D eigenvalue weighted by Crippen LogP contribution is -2.32. The van der Waals surface area contributed by atoms with Crippen LogP contribution in [0.15, 0.2) is 12.1 Å². The number of benzene rings is 1. The fourth-order valence-corrected chi connectivity index (χ4v) is 1.49. The highest BCUT2D eigenvalue weighted by molar-refractivity contribution is 7.84. The van der Waals surface area contributed by atoms with Gasteiger partial charge in [0.2, 0.25) is 0 Å². The van der Waals surface area contributed by atoms with Crippen LogP contribution in [0.3, 0.4) is 0 Å². The summed E-state index contributed by atoms with van der Waals surface area (Å²) in [6, 6.07) is 1.72. The molecule has 0 aliphatic carbocycles. The highest BCUT2D eigenvalue weighted by Gasteiger charge is 2.14. The Hall–Kier alpha value is -1.50. The lowest BCUT2D eigenvalue weighted by atomic mass is 10.1. The minimum atomic E-state index is -1.08. The molecule has 0 aliphatic heterocycles. The first-order valence-electron chi connectivity index (χ1n) is 5.18. The number of anilines is 1. The first kappa shape index (κ1) is 14.6. The van der Waals surface area contributed by atoms with E-state index in [2.05, 4.69) is 5.32 Å². The second-order valence-electron chi connectivity index (χ2n) is 3.87. The van der Waals surface area contributed by atoms with E-state index in [1.54, 1.807) is 6.92 Å². The van der Waals surface area contributed by atoms with Crippen molar-refractivity contribution in [3.63, 3.8) is 0 Å². The number of carbonyl (C=O) groups is 1. The Morgan fingerprint density at radius 3 is 2.39 bits per heavy atom. The maximum atomic E-state index is 13.1. The molecule has 2 atom stereocenters. The molecule has 0 fully saturated rings. The molecule has 0 saturated heterocycles. The average molecular weight is 276 g/mol. The first-order chi connectivity index (χ1) is 8.32. The fraction of sp³-hybridized carbons (Fsp3) is 0.364. The van der Waals surface area contributed by atoms with Gasteiger partial charge in [-0.2, -0.15) is 0 Å². The third kappa shape index (κ3) is 3.49. The Bertz CT molecular complexity index is 471. The Labute approximate surface area is 106 Å². The average Bonchev–Trinajstić information content (AvgIpc) is 2.31. The second-order valence-corrected chi connectivity index (χ2v) is 5.67. The van der Waals surface area contributed by atoms with Crippen LogP contribution in [0.4, 0.5) is 14.5 Å². The lowest BCUT2D eigenvalue weighted by Gasteiger charge is -2.10. The molecule has 4 nitrogen and oxygen atoms in total. The molecule has 100 valence electrons. The summed E-state index contributed by atoms with van der Waals surface area (Å²) in [5, 5.41) is 2.21. The molecule has 7 heteroatoms. The van der Waals surface area contributed by atoms with Crippen LogP contribution in [0.5, 0.6) is 0 Å². The molecule has 1 rings (SSSR count). The van der Waals surface area contributed by atoms with Gasteiger partial charge in [-0.25, -0.2) is 8.78 Å². The molecule has 1 aromatic rings. The molecule has 2 unspecified atom stereocenters. The summed E-state index contributed by atoms with van der Waals surface area (Å²) in [5.41, 5.74) is 4.32. The molecule has 1 amide bonds. The summed E-state index contributed by atoms with van der Waals surface area (Å²) >= 11 is 0. The normalized spacial score (nSPS) is 14.0. The predicted octanol–water partition coefficient (Wildman–Crippen LogP) is 1.04. The van der Waals surface area contributed by atoms with Crippen LogP contribution in [0.1, 0.15) is 17.3 Å². The summed E-state index contributed by atoms with van der Waals surface area (Å²) in [6.45, 7) is 1.86. The largest absolute Gasteiger partial charge is 0.394 e. The maximum Gasteiger partial charge on any atom is 0.251 e. The van der Waals surface area contributed by atoms with Gasteiger partial charge in [-0.1, -0.05) is 0 Å². The number of halogens is 2. The van der Waals surface area contributed by atoms with E-state index in [9.17, 15) is 17.8 Å². The molecule has 0 radical (unpaired) electrons. The number of hydrogen-bond donors (Lipinski definition) is 2. The highest BCUT2D eigenvalue weighted by Crippen LogP contribution is 2.17. The zero-order chi connectivity index (χ0) is 13.9. The molecule has 0 bridgehead atoms. The quantitative estimate of drug-likeness (QED) is 0.807. The molecule has 0 spiro atoms. The maximum absolute atomic E-state index is 13.1. The number of nitrogen functional groups attached to an aromatic ring is 1. The molecule has 0 heterocycles. The molecule has 18 heavy (non-hydrogen) atoms. The van der Waals surface area contributed by atoms with Gasteiger partial charge in [-0.3, -0.25) is 9.00 Å². The summed E-state index contributed by atoms with van der Waals surface area (Å²) in [6.07, 6.45) is 1.51. The van der Waals surface area contributed by atoms with Gasteiger partial charge in [0.25, 0.3) is 5.91 Å². The van der Waals surface area contributed by atoms with E-state index >= 15 is 0 Å². The smallest absolute Gasteiger partial charge is 0.251 e. The van der Waals surface area contributed by atoms with Crippen LogP contribution in [-0.2, 0) is 10.8 Å². The van der Waals surface area contributed by atoms with Crippen molar-refractivity contribution in [2.45, 2.75) is 12.2 Å². The van der Waals surface area contributed by atoms with E-state index in [1.165, 1.54) is 6.26 Å². The van der Waals surface area contributed by atoms with E-state index in [4.69, 9.17) is 5.73 Å². The van der Waals surface area contributed by atoms with Crippen LogP contribution < -0.4 is 11.1 Å². The highest BCUT2D eigenvalue weighted by atomic mass is 32.2. The lowest BCUT2D eigenvalue weighted by molar-refractivity contribution is 0.0953. The van der Waals surface area contributed by atoms with Crippen LogP contribution in [0, 0.1) is 11.6 Å². The summed E-state index contributed by atoms with van der Waals surface area (Å²) in [4.78, 5) is 11.6. The standard InChI is InChI=1S/C11H14F2N2O2S/c1-6(18(2)17)5-15-11(16)7-3-8(12)10(14)9(13)4-7/h3-4,6H,5,14H2,1-2H3,(H,15,16). The topological polar surface area (TPSA) is 72.2 Å². The second kappa shape index (κ2) is 5.90. The number of amides is 1. The van der Waals surface area contributed by atoms with E-state index in [-0.39, 0.29) is 17.4 Å². The van der Waals surface area contributed by atoms with Gasteiger partial charge in [0.15, 0.2) is 0 Å². The number of hydrogen-bond acceptors (Lipinski definition) is 3. The molecular formula is C11H14F2N2O2S. The summed E-state index contributed by atoms with van der Waals surface area (Å²) in [5.74, 6) is -2.59. The Morgan fingerprint density at radius 2 is 1.94 bits per heavy atom. The van der Waals surface area contributed by atoms with E-state index < -0.39 is 34.0 Å². The molecule has 1 aromatic carbocycles. The van der Waals surface area contributed by atoms with Crippen molar-refractivity contribution in [1.82, 2.24) is 5.32 Å². The Balaban J connectivity index is 2.76. The van der Waals surface area contributed by atoms with Gasteiger partial charge in [0.1, 0.15) is 17.3 Å². The minimum Gasteiger partial charge on any atom is -0.394 e. The van der Waals surface area contributed by atoms with Crippen molar-refractivity contribution < 1.29 is 17.8 Å². The molecule has 0 aliphatic rings. The van der Waals surface area contributed by atoms with Gasteiger partial charge < -0.3 is 11.1 Å². The van der Waals surface area contributed by atoms with Crippen molar-refractivity contribution in [3.8, 4) is 0 Å². The van der Waals surface area contributed by atoms with E-state index in [1.807, 2.05) is 0 Å². The predicted molar refractivity (Wildman–Crippen MR) is 66.6 cm³/mol. The van der Waals surface area contributed by atoms with Crippen molar-refractivity contribution in [2.75, 3.05) is 18.5 Å². The molecule has 0 saturated carbocycles. The van der Waals surface area contributed by atoms with Gasteiger partial charge >= 0.3 is 0 Å². The van der Waals surface area contributed by atoms with Gasteiger partial charge in [-0.05, 0) is 19.1 Å². The van der Waals surface area contributed by atoms with E-state index in [0.717, 1.165) is 12.1 Å².